The number of rotatable bonds is 7. The summed E-state index contributed by atoms with van der Waals surface area (Å²) in [6.45, 7) is 1.44. The van der Waals surface area contributed by atoms with Gasteiger partial charge in [-0.25, -0.2) is 0 Å². The first-order valence-corrected chi connectivity index (χ1v) is 7.72. The fourth-order valence-corrected chi connectivity index (χ4v) is 3.16. The van der Waals surface area contributed by atoms with Crippen LogP contribution in [-0.2, 0) is 6.54 Å². The van der Waals surface area contributed by atoms with Gasteiger partial charge in [-0.15, -0.1) is 11.3 Å². The van der Waals surface area contributed by atoms with Crippen LogP contribution in [0.15, 0.2) is 35.7 Å². The largest absolute Gasteiger partial charge is 0.493 e. The summed E-state index contributed by atoms with van der Waals surface area (Å²) >= 11 is 1.76. The highest BCUT2D eigenvalue weighted by Crippen LogP contribution is 2.31. The van der Waals surface area contributed by atoms with Crippen molar-refractivity contribution in [3.63, 3.8) is 0 Å². The Labute approximate surface area is 130 Å². The zero-order valence-corrected chi connectivity index (χ0v) is 13.5. The molecule has 1 aromatic carbocycles. The van der Waals surface area contributed by atoms with E-state index in [4.69, 9.17) is 15.2 Å². The van der Waals surface area contributed by atoms with E-state index in [1.165, 1.54) is 4.88 Å². The summed E-state index contributed by atoms with van der Waals surface area (Å²) in [6, 6.07) is 10.3. The zero-order valence-electron chi connectivity index (χ0n) is 12.7. The highest BCUT2D eigenvalue weighted by atomic mass is 32.1. The molecule has 0 fully saturated rings. The maximum Gasteiger partial charge on any atom is 0.161 e. The molecule has 1 aromatic heterocycles. The van der Waals surface area contributed by atoms with Crippen molar-refractivity contribution in [2.24, 2.45) is 5.73 Å². The maximum atomic E-state index is 5.99. The van der Waals surface area contributed by atoms with Gasteiger partial charge in [-0.05, 0) is 36.2 Å². The Hall–Kier alpha value is -1.56. The predicted octanol–water partition coefficient (Wildman–Crippen LogP) is 2.90. The normalized spacial score (nSPS) is 12.4. The van der Waals surface area contributed by atoms with Crippen LogP contribution in [0.5, 0.6) is 11.5 Å². The third-order valence-electron chi connectivity index (χ3n) is 3.53. The van der Waals surface area contributed by atoms with Gasteiger partial charge in [-0.3, -0.25) is 4.90 Å². The van der Waals surface area contributed by atoms with Gasteiger partial charge in [0.05, 0.1) is 14.2 Å². The first kappa shape index (κ1) is 15.8. The molecule has 1 unspecified atom stereocenters. The van der Waals surface area contributed by atoms with E-state index in [1.807, 2.05) is 18.2 Å². The van der Waals surface area contributed by atoms with Gasteiger partial charge in [0.15, 0.2) is 11.5 Å². The molecule has 4 nitrogen and oxygen atoms in total. The van der Waals surface area contributed by atoms with Crippen LogP contribution in [-0.4, -0.2) is 32.7 Å². The molecule has 0 bridgehead atoms. The van der Waals surface area contributed by atoms with E-state index in [1.54, 1.807) is 25.6 Å². The lowest BCUT2D eigenvalue weighted by molar-refractivity contribution is 0.243. The van der Waals surface area contributed by atoms with E-state index in [9.17, 15) is 0 Å². The lowest BCUT2D eigenvalue weighted by Gasteiger charge is -2.27. The van der Waals surface area contributed by atoms with Crippen molar-refractivity contribution in [3.8, 4) is 11.5 Å². The summed E-state index contributed by atoms with van der Waals surface area (Å²) in [5.41, 5.74) is 7.12. The lowest BCUT2D eigenvalue weighted by Crippen LogP contribution is -2.29. The smallest absolute Gasteiger partial charge is 0.161 e. The van der Waals surface area contributed by atoms with Gasteiger partial charge in [0, 0.05) is 24.0 Å². The number of likely N-dealkylation sites (N-methyl/N-ethyl adjacent to an activating group) is 1. The predicted molar refractivity (Wildman–Crippen MR) is 87.1 cm³/mol. The quantitative estimate of drug-likeness (QED) is 0.854. The second-order valence-electron chi connectivity index (χ2n) is 4.86. The van der Waals surface area contributed by atoms with Gasteiger partial charge in [-0.1, -0.05) is 12.1 Å². The average Bonchev–Trinajstić information content (AvgIpc) is 3.00. The molecule has 5 heteroatoms. The molecule has 0 saturated heterocycles. The average molecular weight is 306 g/mol. The molecular weight excluding hydrogens is 284 g/mol. The third-order valence-corrected chi connectivity index (χ3v) is 4.39. The van der Waals surface area contributed by atoms with Crippen molar-refractivity contribution >= 4 is 11.3 Å². The Balaban J connectivity index is 2.20. The molecule has 0 aliphatic heterocycles. The van der Waals surface area contributed by atoms with Gasteiger partial charge in [0.1, 0.15) is 0 Å². The summed E-state index contributed by atoms with van der Waals surface area (Å²) in [5.74, 6) is 1.47. The summed E-state index contributed by atoms with van der Waals surface area (Å²) < 4.78 is 10.7. The van der Waals surface area contributed by atoms with E-state index in [2.05, 4.69) is 29.5 Å². The molecule has 0 aliphatic carbocycles. The SMILES string of the molecule is COc1ccc(C(CN)N(C)Cc2cccs2)cc1OC. The minimum Gasteiger partial charge on any atom is -0.493 e. The molecule has 21 heavy (non-hydrogen) atoms. The van der Waals surface area contributed by atoms with E-state index in [0.717, 1.165) is 23.6 Å². The van der Waals surface area contributed by atoms with E-state index < -0.39 is 0 Å². The van der Waals surface area contributed by atoms with Crippen molar-refractivity contribution in [2.45, 2.75) is 12.6 Å². The molecule has 1 heterocycles. The maximum absolute atomic E-state index is 5.99. The van der Waals surface area contributed by atoms with Crippen LogP contribution in [0.3, 0.4) is 0 Å². The van der Waals surface area contributed by atoms with Crippen molar-refractivity contribution < 1.29 is 9.47 Å². The Kier molecular flexibility index (Phi) is 5.61. The van der Waals surface area contributed by atoms with Crippen molar-refractivity contribution in [1.82, 2.24) is 4.90 Å². The lowest BCUT2D eigenvalue weighted by atomic mass is 10.0. The summed E-state index contributed by atoms with van der Waals surface area (Å²) in [6.07, 6.45) is 0. The Morgan fingerprint density at radius 1 is 1.19 bits per heavy atom. The summed E-state index contributed by atoms with van der Waals surface area (Å²) in [5, 5.41) is 2.09. The molecule has 2 rings (SSSR count). The number of nitrogens with two attached hydrogens (primary N) is 1. The molecule has 0 radical (unpaired) electrons. The van der Waals surface area contributed by atoms with Crippen LogP contribution < -0.4 is 15.2 Å². The third kappa shape index (κ3) is 3.75. The van der Waals surface area contributed by atoms with Crippen molar-refractivity contribution in [2.75, 3.05) is 27.8 Å². The minimum atomic E-state index is 0.145. The van der Waals surface area contributed by atoms with Gasteiger partial charge < -0.3 is 15.2 Å². The standard InChI is InChI=1S/C16H22N2O2S/c1-18(11-13-5-4-8-21-13)14(10-17)12-6-7-15(19-2)16(9-12)20-3/h4-9,14H,10-11,17H2,1-3H3. The van der Waals surface area contributed by atoms with Crippen molar-refractivity contribution in [1.29, 1.82) is 0 Å². The van der Waals surface area contributed by atoms with Crippen LogP contribution in [0.2, 0.25) is 0 Å². The second-order valence-corrected chi connectivity index (χ2v) is 5.89. The highest BCUT2D eigenvalue weighted by Gasteiger charge is 2.18. The number of nitrogens with zero attached hydrogens (tertiary/aromatic N) is 1. The van der Waals surface area contributed by atoms with Crippen LogP contribution in [0.25, 0.3) is 0 Å². The number of methoxy groups -OCH3 is 2. The fraction of sp³-hybridized carbons (Fsp3) is 0.375. The van der Waals surface area contributed by atoms with Gasteiger partial charge in [0.25, 0.3) is 0 Å². The zero-order chi connectivity index (χ0) is 15.2. The van der Waals surface area contributed by atoms with Crippen LogP contribution in [0.1, 0.15) is 16.5 Å². The number of benzene rings is 1. The topological polar surface area (TPSA) is 47.7 Å². The van der Waals surface area contributed by atoms with Crippen LogP contribution in [0, 0.1) is 0 Å². The number of thiophene rings is 1. The molecule has 1 atom stereocenters. The molecule has 0 aliphatic rings. The molecule has 0 saturated carbocycles. The minimum absolute atomic E-state index is 0.145. The van der Waals surface area contributed by atoms with Crippen LogP contribution in [0.4, 0.5) is 0 Å². The second kappa shape index (κ2) is 7.45. The molecule has 0 amide bonds. The Morgan fingerprint density at radius 2 is 1.95 bits per heavy atom. The van der Waals surface area contributed by atoms with E-state index in [0.29, 0.717) is 6.54 Å². The number of hydrogen-bond acceptors (Lipinski definition) is 5. The van der Waals surface area contributed by atoms with Crippen molar-refractivity contribution in [3.05, 3.63) is 46.2 Å². The molecule has 0 spiro atoms. The van der Waals surface area contributed by atoms with Crippen LogP contribution >= 0.6 is 11.3 Å². The molecule has 2 aromatic rings. The number of ether oxygens (including phenoxy) is 2. The Morgan fingerprint density at radius 3 is 2.52 bits per heavy atom. The number of hydrogen-bond donors (Lipinski definition) is 1. The molecule has 114 valence electrons. The van der Waals surface area contributed by atoms with Gasteiger partial charge in [0.2, 0.25) is 0 Å². The summed E-state index contributed by atoms with van der Waals surface area (Å²) in [4.78, 5) is 3.59. The van der Waals surface area contributed by atoms with E-state index >= 15 is 0 Å². The Bertz CT molecular complexity index is 557. The highest BCUT2D eigenvalue weighted by molar-refractivity contribution is 7.09. The monoisotopic (exact) mass is 306 g/mol. The van der Waals surface area contributed by atoms with Gasteiger partial charge >= 0.3 is 0 Å². The molecule has 2 N–H and O–H groups in total. The fourth-order valence-electron chi connectivity index (χ4n) is 2.39. The molecular formula is C16H22N2O2S. The summed E-state index contributed by atoms with van der Waals surface area (Å²) in [7, 11) is 5.38. The van der Waals surface area contributed by atoms with Gasteiger partial charge in [-0.2, -0.15) is 0 Å². The first-order chi connectivity index (χ1) is 10.2. The van der Waals surface area contributed by atoms with E-state index in [-0.39, 0.29) is 6.04 Å². The first-order valence-electron chi connectivity index (χ1n) is 6.84.